The lowest BCUT2D eigenvalue weighted by molar-refractivity contribution is -0.156. The normalized spacial score (nSPS) is 11.8. The number of rotatable bonds is 7. The van der Waals surface area contributed by atoms with Crippen molar-refractivity contribution in [2.24, 2.45) is 0 Å². The Kier molecular flexibility index (Phi) is 6.05. The van der Waals surface area contributed by atoms with Crippen molar-refractivity contribution in [3.05, 3.63) is 24.3 Å². The molecule has 0 bridgehead atoms. The van der Waals surface area contributed by atoms with Gasteiger partial charge in [0, 0.05) is 7.05 Å². The zero-order valence-electron chi connectivity index (χ0n) is 13.4. The number of aliphatic carboxylic acids is 1. The molecule has 0 heterocycles. The molecule has 0 saturated heterocycles. The molecular weight excluding hydrogens is 331 g/mol. The average Bonchev–Trinajstić information content (AvgIpc) is 2.49. The second kappa shape index (κ2) is 7.41. The van der Waals surface area contributed by atoms with Gasteiger partial charge in [0.25, 0.3) is 5.91 Å². The second-order valence-corrected chi connectivity index (χ2v) is 5.46. The number of hydrogen-bond acceptors (Lipinski definition) is 4. The zero-order valence-corrected chi connectivity index (χ0v) is 13.4. The molecule has 0 spiro atoms. The molecule has 0 aliphatic rings. The number of amides is 1. The van der Waals surface area contributed by atoms with Crippen LogP contribution in [-0.2, 0) is 9.59 Å². The lowest BCUT2D eigenvalue weighted by Crippen LogP contribution is -2.52. The smallest absolute Gasteiger partial charge is 0.422 e. The van der Waals surface area contributed by atoms with Gasteiger partial charge >= 0.3 is 12.1 Å². The Labute approximate surface area is 136 Å². The summed E-state index contributed by atoms with van der Waals surface area (Å²) in [5.74, 6) is -2.06. The van der Waals surface area contributed by atoms with Gasteiger partial charge < -0.3 is 19.5 Å². The van der Waals surface area contributed by atoms with Gasteiger partial charge in [0.1, 0.15) is 5.54 Å². The van der Waals surface area contributed by atoms with E-state index in [4.69, 9.17) is 9.84 Å². The quantitative estimate of drug-likeness (QED) is 0.818. The van der Waals surface area contributed by atoms with Crippen LogP contribution in [0.15, 0.2) is 24.3 Å². The molecule has 1 aromatic carbocycles. The highest BCUT2D eigenvalue weighted by Crippen LogP contribution is 2.28. The van der Waals surface area contributed by atoms with Crippen LogP contribution in [0.25, 0.3) is 0 Å². The van der Waals surface area contributed by atoms with Gasteiger partial charge in [-0.25, -0.2) is 4.79 Å². The lowest BCUT2D eigenvalue weighted by atomic mass is 10.0. The maximum absolute atomic E-state index is 12.2. The summed E-state index contributed by atoms with van der Waals surface area (Å²) in [6.07, 6.45) is -4.51. The number of carboxylic acid groups (broad SMARTS) is 1. The number of alkyl halides is 3. The van der Waals surface area contributed by atoms with Gasteiger partial charge in [0.2, 0.25) is 0 Å². The van der Waals surface area contributed by atoms with E-state index in [0.717, 1.165) is 4.90 Å². The number of nitrogens with zero attached hydrogens (tertiary/aromatic N) is 1. The molecule has 0 radical (unpaired) electrons. The Morgan fingerprint density at radius 1 is 1.12 bits per heavy atom. The maximum atomic E-state index is 12.2. The summed E-state index contributed by atoms with van der Waals surface area (Å²) in [7, 11) is 1.30. The van der Waals surface area contributed by atoms with Crippen molar-refractivity contribution in [3.8, 4) is 11.5 Å². The first-order valence-corrected chi connectivity index (χ1v) is 6.86. The molecule has 24 heavy (non-hydrogen) atoms. The van der Waals surface area contributed by atoms with E-state index in [1.54, 1.807) is 0 Å². The Morgan fingerprint density at radius 3 is 2.08 bits per heavy atom. The van der Waals surface area contributed by atoms with Gasteiger partial charge in [-0.1, -0.05) is 12.1 Å². The predicted octanol–water partition coefficient (Wildman–Crippen LogP) is 2.33. The number of benzene rings is 1. The monoisotopic (exact) mass is 349 g/mol. The van der Waals surface area contributed by atoms with E-state index in [1.807, 2.05) is 0 Å². The summed E-state index contributed by atoms with van der Waals surface area (Å²) in [6, 6.07) is 5.59. The molecule has 0 saturated carbocycles. The molecular formula is C15H18F3NO5. The van der Waals surface area contributed by atoms with Crippen LogP contribution in [0.1, 0.15) is 13.8 Å². The van der Waals surface area contributed by atoms with Crippen LogP contribution in [-0.4, -0.2) is 53.9 Å². The van der Waals surface area contributed by atoms with Gasteiger partial charge in [0.15, 0.2) is 24.7 Å². The van der Waals surface area contributed by atoms with E-state index in [1.165, 1.54) is 45.2 Å². The van der Waals surface area contributed by atoms with E-state index in [0.29, 0.717) is 0 Å². The molecule has 1 amide bonds. The summed E-state index contributed by atoms with van der Waals surface area (Å²) < 4.78 is 46.5. The number of halogens is 3. The molecule has 0 atom stereocenters. The molecule has 0 aromatic heterocycles. The number of para-hydroxylation sites is 2. The van der Waals surface area contributed by atoms with Gasteiger partial charge in [0.05, 0.1) is 0 Å². The SMILES string of the molecule is CN(C(=O)COc1ccccc1OCC(F)(F)F)C(C)(C)C(=O)O. The highest BCUT2D eigenvalue weighted by molar-refractivity contribution is 5.86. The van der Waals surface area contributed by atoms with Gasteiger partial charge in [-0.05, 0) is 26.0 Å². The van der Waals surface area contributed by atoms with Crippen molar-refractivity contribution in [1.82, 2.24) is 4.90 Å². The van der Waals surface area contributed by atoms with Crippen LogP contribution < -0.4 is 9.47 Å². The van der Waals surface area contributed by atoms with Gasteiger partial charge in [-0.15, -0.1) is 0 Å². The standard InChI is InChI=1S/C15H18F3NO5/c1-14(2,13(21)22)19(3)12(20)8-23-10-6-4-5-7-11(10)24-9-15(16,17)18/h4-7H,8-9H2,1-3H3,(H,21,22). The summed E-state index contributed by atoms with van der Waals surface area (Å²) in [6.45, 7) is 0.647. The van der Waals surface area contributed by atoms with E-state index < -0.39 is 36.8 Å². The predicted molar refractivity (Wildman–Crippen MR) is 78.0 cm³/mol. The number of carbonyl (C=O) groups is 2. The molecule has 0 aliphatic heterocycles. The average molecular weight is 349 g/mol. The fraction of sp³-hybridized carbons (Fsp3) is 0.467. The number of hydrogen-bond donors (Lipinski definition) is 1. The number of carbonyl (C=O) groups excluding carboxylic acids is 1. The molecule has 1 N–H and O–H groups in total. The van der Waals surface area contributed by atoms with Crippen LogP contribution in [0.5, 0.6) is 11.5 Å². The van der Waals surface area contributed by atoms with E-state index in [9.17, 15) is 22.8 Å². The first-order chi connectivity index (χ1) is 10.9. The minimum atomic E-state index is -4.51. The van der Waals surface area contributed by atoms with Crippen molar-refractivity contribution in [1.29, 1.82) is 0 Å². The minimum Gasteiger partial charge on any atom is -0.480 e. The third kappa shape index (κ3) is 5.32. The summed E-state index contributed by atoms with van der Waals surface area (Å²) in [4.78, 5) is 24.1. The molecule has 9 heteroatoms. The van der Waals surface area contributed by atoms with Crippen LogP contribution in [0, 0.1) is 0 Å². The van der Waals surface area contributed by atoms with E-state index >= 15 is 0 Å². The minimum absolute atomic E-state index is 0.0448. The molecule has 6 nitrogen and oxygen atoms in total. The van der Waals surface area contributed by atoms with E-state index in [-0.39, 0.29) is 11.5 Å². The number of carboxylic acids is 1. The first kappa shape index (κ1) is 19.6. The molecule has 1 rings (SSSR count). The van der Waals surface area contributed by atoms with E-state index in [2.05, 4.69) is 4.74 Å². The summed E-state index contributed by atoms with van der Waals surface area (Å²) in [5, 5.41) is 9.07. The molecule has 134 valence electrons. The fourth-order valence-electron chi connectivity index (χ4n) is 1.54. The van der Waals surface area contributed by atoms with Crippen molar-refractivity contribution < 1.29 is 37.3 Å². The highest BCUT2D eigenvalue weighted by atomic mass is 19.4. The summed E-state index contributed by atoms with van der Waals surface area (Å²) in [5.41, 5.74) is -1.45. The third-order valence-electron chi connectivity index (χ3n) is 3.33. The first-order valence-electron chi connectivity index (χ1n) is 6.86. The number of ether oxygens (including phenoxy) is 2. The van der Waals surface area contributed by atoms with Crippen LogP contribution >= 0.6 is 0 Å². The molecule has 0 fully saturated rings. The molecule has 0 unspecified atom stereocenters. The van der Waals surface area contributed by atoms with Crippen molar-refractivity contribution in [3.63, 3.8) is 0 Å². The van der Waals surface area contributed by atoms with Gasteiger partial charge in [-0.2, -0.15) is 13.2 Å². The molecule has 1 aromatic rings. The second-order valence-electron chi connectivity index (χ2n) is 5.46. The lowest BCUT2D eigenvalue weighted by Gasteiger charge is -2.31. The van der Waals surface area contributed by atoms with Crippen molar-refractivity contribution >= 4 is 11.9 Å². The maximum Gasteiger partial charge on any atom is 0.422 e. The molecule has 0 aliphatic carbocycles. The largest absolute Gasteiger partial charge is 0.480 e. The van der Waals surface area contributed by atoms with Crippen molar-refractivity contribution in [2.45, 2.75) is 25.6 Å². The van der Waals surface area contributed by atoms with Crippen molar-refractivity contribution in [2.75, 3.05) is 20.3 Å². The topological polar surface area (TPSA) is 76.1 Å². The Morgan fingerprint density at radius 2 is 1.62 bits per heavy atom. The van der Waals surface area contributed by atoms with Crippen LogP contribution in [0.4, 0.5) is 13.2 Å². The van der Waals surface area contributed by atoms with Crippen LogP contribution in [0.3, 0.4) is 0 Å². The van der Waals surface area contributed by atoms with Crippen LogP contribution in [0.2, 0.25) is 0 Å². The zero-order chi connectivity index (χ0) is 18.5. The fourth-order valence-corrected chi connectivity index (χ4v) is 1.54. The Balaban J connectivity index is 2.74. The van der Waals surface area contributed by atoms with Gasteiger partial charge in [-0.3, -0.25) is 4.79 Å². The summed E-state index contributed by atoms with van der Waals surface area (Å²) >= 11 is 0. The Bertz CT molecular complexity index is 601. The number of likely N-dealkylation sites (N-methyl/N-ethyl adjacent to an activating group) is 1. The third-order valence-corrected chi connectivity index (χ3v) is 3.33. The highest BCUT2D eigenvalue weighted by Gasteiger charge is 2.35. The Hall–Kier alpha value is -2.45.